The quantitative estimate of drug-likeness (QED) is 0.190. The number of carboxylic acids is 1. The van der Waals surface area contributed by atoms with Gasteiger partial charge in [0.15, 0.2) is 0 Å². The molecule has 0 radical (unpaired) electrons. The summed E-state index contributed by atoms with van der Waals surface area (Å²) in [6.07, 6.45) is 14.5. The molecule has 2 amide bonds. The van der Waals surface area contributed by atoms with Crippen LogP contribution in [0.2, 0.25) is 0 Å². The van der Waals surface area contributed by atoms with Crippen LogP contribution >= 0.6 is 0 Å². The van der Waals surface area contributed by atoms with Crippen LogP contribution in [0.1, 0.15) is 94.6 Å². The molecule has 9 heteroatoms. The van der Waals surface area contributed by atoms with Gasteiger partial charge in [-0.1, -0.05) is 99.2 Å². The van der Waals surface area contributed by atoms with Crippen molar-refractivity contribution in [3.8, 4) is 0 Å². The minimum Gasteiger partial charge on any atom is -0.480 e. The number of carbonyl (C=O) groups is 3. The Balaban J connectivity index is 0.000000321. The van der Waals surface area contributed by atoms with Crippen molar-refractivity contribution in [3.63, 3.8) is 0 Å². The van der Waals surface area contributed by atoms with Gasteiger partial charge in [-0.05, 0) is 56.1 Å². The Bertz CT molecular complexity index is 1040. The lowest BCUT2D eigenvalue weighted by molar-refractivity contribution is -0.139. The molecule has 2 aliphatic carbocycles. The number of unbranched alkanes of at least 4 members (excludes halogenated alkanes) is 1. The summed E-state index contributed by atoms with van der Waals surface area (Å²) in [4.78, 5) is 34.8. The second-order valence-corrected chi connectivity index (χ2v) is 11.4. The SMILES string of the molecule is C1CCC(NC2CCCCC2)CC1.O=C(NCCCC[C@H](NC(=O)OCc1ccccc1)C(=O)O)OCc1ccccc1. The fraction of sp³-hybridized carbons (Fsp3) is 0.559. The van der Waals surface area contributed by atoms with Crippen LogP contribution in [-0.4, -0.2) is 47.9 Å². The smallest absolute Gasteiger partial charge is 0.408 e. The average Bonchev–Trinajstić information content (AvgIpc) is 3.04. The maximum Gasteiger partial charge on any atom is 0.408 e. The number of nitrogens with one attached hydrogen (secondary N) is 3. The molecule has 0 spiro atoms. The third kappa shape index (κ3) is 14.9. The van der Waals surface area contributed by atoms with Gasteiger partial charge in [-0.15, -0.1) is 0 Å². The minimum absolute atomic E-state index is 0.0635. The van der Waals surface area contributed by atoms with Crippen LogP contribution in [0.25, 0.3) is 0 Å². The Hall–Kier alpha value is -3.59. The lowest BCUT2D eigenvalue weighted by Crippen LogP contribution is -2.41. The van der Waals surface area contributed by atoms with E-state index in [0.29, 0.717) is 19.4 Å². The van der Waals surface area contributed by atoms with Gasteiger partial charge in [0, 0.05) is 18.6 Å². The van der Waals surface area contributed by atoms with Crippen LogP contribution < -0.4 is 16.0 Å². The minimum atomic E-state index is -1.14. The number of ether oxygens (including phenoxy) is 2. The van der Waals surface area contributed by atoms with E-state index in [1.807, 2.05) is 48.5 Å². The highest BCUT2D eigenvalue weighted by atomic mass is 16.6. The molecule has 2 aromatic carbocycles. The van der Waals surface area contributed by atoms with Crippen LogP contribution in [0.5, 0.6) is 0 Å². The molecule has 0 unspecified atom stereocenters. The summed E-state index contributed by atoms with van der Waals surface area (Å²) in [7, 11) is 0. The second kappa shape index (κ2) is 20.3. The van der Waals surface area contributed by atoms with Crippen molar-refractivity contribution in [1.82, 2.24) is 16.0 Å². The van der Waals surface area contributed by atoms with Gasteiger partial charge in [-0.25, -0.2) is 14.4 Å². The Morgan fingerprint density at radius 3 is 1.67 bits per heavy atom. The van der Waals surface area contributed by atoms with Crippen LogP contribution in [0.15, 0.2) is 60.7 Å². The first-order valence-corrected chi connectivity index (χ1v) is 15.9. The van der Waals surface area contributed by atoms with Crippen LogP contribution in [0.3, 0.4) is 0 Å². The monoisotopic (exact) mass is 595 g/mol. The zero-order valence-corrected chi connectivity index (χ0v) is 25.3. The van der Waals surface area contributed by atoms with Gasteiger partial charge in [0.2, 0.25) is 0 Å². The normalized spacial score (nSPS) is 16.2. The van der Waals surface area contributed by atoms with E-state index < -0.39 is 24.2 Å². The topological polar surface area (TPSA) is 126 Å². The summed E-state index contributed by atoms with van der Waals surface area (Å²) in [6, 6.07) is 19.1. The van der Waals surface area contributed by atoms with E-state index in [4.69, 9.17) is 9.47 Å². The van der Waals surface area contributed by atoms with Crippen LogP contribution in [0, 0.1) is 0 Å². The summed E-state index contributed by atoms with van der Waals surface area (Å²) in [5.41, 5.74) is 1.70. The van der Waals surface area contributed by atoms with Gasteiger partial charge < -0.3 is 30.5 Å². The number of rotatable bonds is 13. The zero-order chi connectivity index (χ0) is 30.5. The van der Waals surface area contributed by atoms with E-state index in [0.717, 1.165) is 23.2 Å². The van der Waals surface area contributed by atoms with Crippen molar-refractivity contribution in [1.29, 1.82) is 0 Å². The molecule has 0 bridgehead atoms. The van der Waals surface area contributed by atoms with Crippen molar-refractivity contribution in [2.75, 3.05) is 6.54 Å². The first kappa shape index (κ1) is 33.9. The largest absolute Gasteiger partial charge is 0.480 e. The molecular formula is C34H49N3O6. The molecule has 1 atom stereocenters. The molecular weight excluding hydrogens is 546 g/mol. The van der Waals surface area contributed by atoms with Crippen molar-refractivity contribution in [2.45, 2.75) is 115 Å². The standard InChI is InChI=1S/C22H26N2O6.C12H23N/c25-20(26)19(24-22(28)30-16-18-11-5-2-6-12-18)13-7-8-14-23-21(27)29-15-17-9-3-1-4-10-17;1-3-7-11(8-4-1)13-12-9-5-2-6-10-12/h1-6,9-12,19H,7-8,13-16H2,(H,23,27)(H,24,28)(H,25,26);11-13H,1-10H2/t19-;/m0./s1. The molecule has 2 aliphatic rings. The number of benzene rings is 2. The van der Waals surface area contributed by atoms with Crippen molar-refractivity contribution in [3.05, 3.63) is 71.8 Å². The Kier molecular flexibility index (Phi) is 16.0. The summed E-state index contributed by atoms with van der Waals surface area (Å²) in [5, 5.41) is 18.1. The summed E-state index contributed by atoms with van der Waals surface area (Å²) < 4.78 is 10.1. The molecule has 0 aliphatic heterocycles. The molecule has 0 heterocycles. The van der Waals surface area contributed by atoms with Gasteiger partial charge in [-0.3, -0.25) is 0 Å². The van der Waals surface area contributed by atoms with Crippen molar-refractivity contribution in [2.24, 2.45) is 0 Å². The van der Waals surface area contributed by atoms with E-state index in [1.54, 1.807) is 12.1 Å². The molecule has 0 aromatic heterocycles. The molecule has 43 heavy (non-hydrogen) atoms. The summed E-state index contributed by atoms with van der Waals surface area (Å²) >= 11 is 0. The Morgan fingerprint density at radius 2 is 1.19 bits per heavy atom. The lowest BCUT2D eigenvalue weighted by atomic mass is 9.91. The molecule has 4 N–H and O–H groups in total. The predicted molar refractivity (Wildman–Crippen MR) is 167 cm³/mol. The molecule has 2 saturated carbocycles. The fourth-order valence-corrected chi connectivity index (χ4v) is 5.47. The Morgan fingerprint density at radius 1 is 0.698 bits per heavy atom. The van der Waals surface area contributed by atoms with Gasteiger partial charge in [0.25, 0.3) is 0 Å². The van der Waals surface area contributed by atoms with E-state index in [2.05, 4.69) is 16.0 Å². The Labute approximate surface area is 256 Å². The van der Waals surface area contributed by atoms with Crippen LogP contribution in [-0.2, 0) is 27.5 Å². The number of aliphatic carboxylic acids is 1. The molecule has 236 valence electrons. The number of hydrogen-bond acceptors (Lipinski definition) is 6. The highest BCUT2D eigenvalue weighted by molar-refractivity contribution is 5.79. The van der Waals surface area contributed by atoms with E-state index in [9.17, 15) is 19.5 Å². The molecule has 0 saturated heterocycles. The van der Waals surface area contributed by atoms with Gasteiger partial charge in [0.05, 0.1) is 0 Å². The van der Waals surface area contributed by atoms with Crippen LogP contribution in [0.4, 0.5) is 9.59 Å². The van der Waals surface area contributed by atoms with Gasteiger partial charge in [0.1, 0.15) is 19.3 Å². The maximum atomic E-state index is 11.8. The third-order valence-electron chi connectivity index (χ3n) is 7.89. The van der Waals surface area contributed by atoms with E-state index in [1.165, 1.54) is 64.2 Å². The van der Waals surface area contributed by atoms with Crippen molar-refractivity contribution < 1.29 is 29.0 Å². The third-order valence-corrected chi connectivity index (χ3v) is 7.89. The number of carbonyl (C=O) groups excluding carboxylic acids is 2. The molecule has 4 rings (SSSR count). The molecule has 2 aromatic rings. The van der Waals surface area contributed by atoms with Gasteiger partial charge in [-0.2, -0.15) is 0 Å². The zero-order valence-electron chi connectivity index (χ0n) is 25.3. The predicted octanol–water partition coefficient (Wildman–Crippen LogP) is 6.70. The van der Waals surface area contributed by atoms with E-state index >= 15 is 0 Å². The lowest BCUT2D eigenvalue weighted by Gasteiger charge is -2.30. The second-order valence-electron chi connectivity index (χ2n) is 11.4. The average molecular weight is 596 g/mol. The van der Waals surface area contributed by atoms with Gasteiger partial charge >= 0.3 is 18.2 Å². The number of amides is 2. The number of alkyl carbamates (subject to hydrolysis) is 2. The fourth-order valence-electron chi connectivity index (χ4n) is 5.47. The summed E-state index contributed by atoms with van der Waals surface area (Å²) in [5.74, 6) is -1.14. The molecule has 9 nitrogen and oxygen atoms in total. The number of hydrogen-bond donors (Lipinski definition) is 4. The molecule has 2 fully saturated rings. The van der Waals surface area contributed by atoms with Crippen molar-refractivity contribution >= 4 is 18.2 Å². The first-order valence-electron chi connectivity index (χ1n) is 15.9. The number of carboxylic acid groups (broad SMARTS) is 1. The highest BCUT2D eigenvalue weighted by Crippen LogP contribution is 2.22. The summed E-state index contributed by atoms with van der Waals surface area (Å²) in [6.45, 7) is 0.592. The van der Waals surface area contributed by atoms with E-state index in [-0.39, 0.29) is 19.6 Å². The first-order chi connectivity index (χ1) is 21.0. The highest BCUT2D eigenvalue weighted by Gasteiger charge is 2.21. The maximum absolute atomic E-state index is 11.8.